The van der Waals surface area contributed by atoms with Gasteiger partial charge in [-0.3, -0.25) is 4.79 Å². The van der Waals surface area contributed by atoms with Crippen LogP contribution in [0.2, 0.25) is 36.3 Å². The van der Waals surface area contributed by atoms with Gasteiger partial charge in [0.1, 0.15) is 35.8 Å². The predicted octanol–water partition coefficient (Wildman–Crippen LogP) is 6.72. The van der Waals surface area contributed by atoms with Gasteiger partial charge >= 0.3 is 18.0 Å². The van der Waals surface area contributed by atoms with Gasteiger partial charge in [0.05, 0.1) is 12.7 Å². The van der Waals surface area contributed by atoms with Crippen molar-refractivity contribution in [3.63, 3.8) is 0 Å². The zero-order chi connectivity index (χ0) is 36.3. The van der Waals surface area contributed by atoms with E-state index < -0.39 is 64.9 Å². The quantitative estimate of drug-likeness (QED) is 0.186. The first kappa shape index (κ1) is 40.5. The van der Waals surface area contributed by atoms with Crippen LogP contribution in [0, 0.1) is 6.92 Å². The number of esters is 2. The van der Waals surface area contributed by atoms with Crippen molar-refractivity contribution in [3.8, 4) is 11.5 Å². The fourth-order valence-electron chi connectivity index (χ4n) is 3.99. The molecule has 0 aromatic heterocycles. The summed E-state index contributed by atoms with van der Waals surface area (Å²) >= 11 is 1.34. The second-order valence-electron chi connectivity index (χ2n) is 16.0. The second-order valence-corrected chi connectivity index (χ2v) is 26.5. The molecule has 1 aliphatic rings. The maximum atomic E-state index is 14.1. The van der Waals surface area contributed by atoms with E-state index in [1.807, 2.05) is 13.0 Å². The second kappa shape index (κ2) is 14.8. The number of amides is 2. The first-order valence-corrected chi connectivity index (χ1v) is 22.8. The van der Waals surface area contributed by atoms with E-state index in [4.69, 9.17) is 23.1 Å². The van der Waals surface area contributed by atoms with Crippen LogP contribution in [0.4, 0.5) is 4.79 Å². The van der Waals surface area contributed by atoms with Gasteiger partial charge in [0.15, 0.2) is 0 Å². The van der Waals surface area contributed by atoms with Gasteiger partial charge in [-0.1, -0.05) is 41.5 Å². The van der Waals surface area contributed by atoms with Gasteiger partial charge < -0.3 is 33.7 Å². The van der Waals surface area contributed by atoms with Crippen molar-refractivity contribution in [3.05, 3.63) is 22.8 Å². The van der Waals surface area contributed by atoms with Crippen molar-refractivity contribution in [2.45, 2.75) is 129 Å². The maximum Gasteiger partial charge on any atom is 0.408 e. The molecule has 1 heterocycles. The summed E-state index contributed by atoms with van der Waals surface area (Å²) in [6, 6.07) is -0.504. The molecule has 0 unspecified atom stereocenters. The van der Waals surface area contributed by atoms with Crippen LogP contribution in [0.5, 0.6) is 11.5 Å². The Morgan fingerprint density at radius 1 is 0.936 bits per heavy atom. The number of carbonyl (C=O) groups excluding carboxylic acids is 4. The maximum absolute atomic E-state index is 14.1. The molecule has 0 spiro atoms. The monoisotopic (exact) mass is 712 g/mol. The van der Waals surface area contributed by atoms with Crippen LogP contribution in [0.3, 0.4) is 0 Å². The summed E-state index contributed by atoms with van der Waals surface area (Å²) in [7, 11) is -3.56. The summed E-state index contributed by atoms with van der Waals surface area (Å²) in [5, 5.41) is 4.85. The minimum Gasteiger partial charge on any atom is -0.543 e. The van der Waals surface area contributed by atoms with Gasteiger partial charge in [0.2, 0.25) is 22.5 Å². The molecule has 0 fully saturated rings. The van der Waals surface area contributed by atoms with Gasteiger partial charge in [-0.05, 0) is 64.0 Å². The van der Waals surface area contributed by atoms with E-state index in [0.717, 1.165) is 0 Å². The summed E-state index contributed by atoms with van der Waals surface area (Å²) in [6.45, 7) is 27.7. The lowest BCUT2D eigenvalue weighted by Gasteiger charge is -2.39. The van der Waals surface area contributed by atoms with Gasteiger partial charge in [-0.2, -0.15) is 11.8 Å². The Bertz CT molecular complexity index is 1350. The zero-order valence-electron chi connectivity index (χ0n) is 30.9. The van der Waals surface area contributed by atoms with E-state index in [-0.39, 0.29) is 27.1 Å². The first-order valence-electron chi connectivity index (χ1n) is 15.9. The highest BCUT2D eigenvalue weighted by Gasteiger charge is 2.42. The molecule has 2 N–H and O–H groups in total. The summed E-state index contributed by atoms with van der Waals surface area (Å²) in [6.07, 6.45) is -0.878. The van der Waals surface area contributed by atoms with Crippen LogP contribution in [-0.2, 0) is 29.6 Å². The molecule has 0 saturated carbocycles. The summed E-state index contributed by atoms with van der Waals surface area (Å²) in [5.74, 6) is -0.600. The molecule has 2 amide bonds. The highest BCUT2D eigenvalue weighted by atomic mass is 32.2. The predicted molar refractivity (Wildman–Crippen MR) is 190 cm³/mol. The SMILES string of the molecule is COC(=O)[C@@H]1CSCc2c(O[Si](C)(C)C(C)(C)C)cc(O[Si](C)(C)C(C)(C)C)c(C)c2C(=O)OC[C@@H](NC(=O)OC(C)(C)C)C(=O)N1. The number of carbonyl (C=O) groups is 4. The largest absolute Gasteiger partial charge is 0.543 e. The molecule has 1 aliphatic heterocycles. The molecule has 2 rings (SSSR count). The molecule has 47 heavy (non-hydrogen) atoms. The van der Waals surface area contributed by atoms with Gasteiger partial charge in [0.25, 0.3) is 0 Å². The minimum absolute atomic E-state index is 0.122. The number of alkyl carbamates (subject to hydrolysis) is 1. The smallest absolute Gasteiger partial charge is 0.408 e. The average Bonchev–Trinajstić information content (AvgIpc) is 2.88. The number of cyclic esters (lactones) is 1. The molecule has 0 bridgehead atoms. The Kier molecular flexibility index (Phi) is 12.7. The number of benzene rings is 1. The number of ether oxygens (including phenoxy) is 3. The molecular formula is C33H56N2O9SSi2. The van der Waals surface area contributed by atoms with Crippen molar-refractivity contribution in [2.24, 2.45) is 0 Å². The van der Waals surface area contributed by atoms with E-state index >= 15 is 0 Å². The lowest BCUT2D eigenvalue weighted by Crippen LogP contribution is -2.55. The Hall–Kier alpha value is -2.72. The van der Waals surface area contributed by atoms with Crippen molar-refractivity contribution in [2.75, 3.05) is 19.5 Å². The number of thioether (sulfide) groups is 1. The molecule has 11 nitrogen and oxygen atoms in total. The number of fused-ring (bicyclic) bond motifs is 1. The normalized spacial score (nSPS) is 18.8. The summed E-state index contributed by atoms with van der Waals surface area (Å²) in [4.78, 5) is 52.9. The average molecular weight is 713 g/mol. The van der Waals surface area contributed by atoms with Crippen LogP contribution >= 0.6 is 11.8 Å². The molecular weight excluding hydrogens is 657 g/mol. The fourth-order valence-corrected chi connectivity index (χ4v) is 7.16. The van der Waals surface area contributed by atoms with E-state index in [2.05, 4.69) is 78.4 Å². The zero-order valence-corrected chi connectivity index (χ0v) is 33.8. The third-order valence-electron chi connectivity index (χ3n) is 8.87. The van der Waals surface area contributed by atoms with E-state index in [1.165, 1.54) is 18.9 Å². The summed E-state index contributed by atoms with van der Waals surface area (Å²) in [5.41, 5.74) is 0.622. The Labute approximate surface area is 287 Å². The first-order chi connectivity index (χ1) is 21.2. The molecule has 2 atom stereocenters. The minimum atomic E-state index is -2.43. The van der Waals surface area contributed by atoms with Crippen molar-refractivity contribution < 1.29 is 42.2 Å². The number of rotatable bonds is 6. The van der Waals surface area contributed by atoms with E-state index in [9.17, 15) is 19.2 Å². The molecule has 0 aliphatic carbocycles. The Balaban J connectivity index is 2.79. The third-order valence-corrected chi connectivity index (χ3v) is 18.6. The topological polar surface area (TPSA) is 138 Å². The standard InChI is InChI=1S/C33H56N2O9SSi2/c1-20-24(43-46(12,13)32(5,6)7)16-25(44-47(14,15)33(8,9)10)21-18-45-19-23(28(37)40-11)34-27(36)22(17-41-29(38)26(20)21)35-30(39)42-31(2,3)4/h16,22-23H,17-19H2,1-15H3,(H,34,36)(H,35,39)/t22-,23+/m1/s1. The van der Waals surface area contributed by atoms with Gasteiger partial charge in [-0.25, -0.2) is 14.4 Å². The highest BCUT2D eigenvalue weighted by Crippen LogP contribution is 2.45. The van der Waals surface area contributed by atoms with Crippen LogP contribution in [0.1, 0.15) is 83.8 Å². The lowest BCUT2D eigenvalue weighted by atomic mass is 10.0. The lowest BCUT2D eigenvalue weighted by molar-refractivity contribution is -0.144. The molecule has 0 saturated heterocycles. The van der Waals surface area contributed by atoms with Crippen LogP contribution in [0.25, 0.3) is 0 Å². The van der Waals surface area contributed by atoms with Gasteiger partial charge in [-0.15, -0.1) is 0 Å². The van der Waals surface area contributed by atoms with E-state index in [0.29, 0.717) is 22.6 Å². The molecule has 0 radical (unpaired) electrons. The molecule has 1 aromatic rings. The third kappa shape index (κ3) is 10.6. The van der Waals surface area contributed by atoms with Crippen molar-refractivity contribution >= 4 is 52.3 Å². The van der Waals surface area contributed by atoms with Gasteiger partial charge in [0, 0.05) is 28.7 Å². The fraction of sp³-hybridized carbons (Fsp3) is 0.697. The highest BCUT2D eigenvalue weighted by molar-refractivity contribution is 7.98. The molecule has 266 valence electrons. The van der Waals surface area contributed by atoms with Crippen LogP contribution in [0.15, 0.2) is 6.07 Å². The Morgan fingerprint density at radius 3 is 1.96 bits per heavy atom. The van der Waals surface area contributed by atoms with Crippen LogP contribution < -0.4 is 19.5 Å². The number of hydrogen-bond donors (Lipinski definition) is 2. The number of hydrogen-bond acceptors (Lipinski definition) is 10. The Morgan fingerprint density at radius 2 is 1.47 bits per heavy atom. The molecule has 14 heteroatoms. The van der Waals surface area contributed by atoms with Crippen molar-refractivity contribution in [1.29, 1.82) is 0 Å². The number of methoxy groups -OCH3 is 1. The van der Waals surface area contributed by atoms with E-state index in [1.54, 1.807) is 20.8 Å². The van der Waals surface area contributed by atoms with Crippen molar-refractivity contribution in [1.82, 2.24) is 10.6 Å². The van der Waals surface area contributed by atoms with Crippen LogP contribution in [-0.4, -0.2) is 77.7 Å². The summed E-state index contributed by atoms with van der Waals surface area (Å²) < 4.78 is 29.8. The molecule has 1 aromatic carbocycles. The number of nitrogens with one attached hydrogen (secondary N) is 2.